The standard InChI is InChI=1S/C19H26N2O/c1-3-6-18(21-13-11-20-12-14-21)16-9-10-19(22-2)17-8-5-4-7-15(16)17/h4-5,7-10,18,20H,3,6,11-14H2,1-2H3/t18-/m0/s1. The molecular weight excluding hydrogens is 272 g/mol. The molecule has 3 rings (SSSR count). The van der Waals surface area contributed by atoms with Crippen molar-refractivity contribution in [1.82, 2.24) is 10.2 Å². The van der Waals surface area contributed by atoms with Gasteiger partial charge in [0.05, 0.1) is 7.11 Å². The molecule has 0 radical (unpaired) electrons. The zero-order valence-corrected chi connectivity index (χ0v) is 13.6. The maximum absolute atomic E-state index is 5.54. The van der Waals surface area contributed by atoms with E-state index in [1.54, 1.807) is 7.11 Å². The van der Waals surface area contributed by atoms with Crippen LogP contribution >= 0.6 is 0 Å². The third kappa shape index (κ3) is 2.96. The number of benzene rings is 2. The quantitative estimate of drug-likeness (QED) is 0.913. The molecule has 118 valence electrons. The summed E-state index contributed by atoms with van der Waals surface area (Å²) >= 11 is 0. The molecule has 0 unspecified atom stereocenters. The van der Waals surface area contributed by atoms with Gasteiger partial charge >= 0.3 is 0 Å². The highest BCUT2D eigenvalue weighted by molar-refractivity contribution is 5.91. The van der Waals surface area contributed by atoms with E-state index in [1.165, 1.54) is 29.2 Å². The van der Waals surface area contributed by atoms with E-state index >= 15 is 0 Å². The van der Waals surface area contributed by atoms with Crippen molar-refractivity contribution < 1.29 is 4.74 Å². The van der Waals surface area contributed by atoms with Gasteiger partial charge in [-0.05, 0) is 23.4 Å². The maximum atomic E-state index is 5.54. The topological polar surface area (TPSA) is 24.5 Å². The molecular formula is C19H26N2O. The van der Waals surface area contributed by atoms with Crippen LogP contribution in [0.4, 0.5) is 0 Å². The molecule has 1 heterocycles. The Kier molecular flexibility index (Phi) is 4.96. The summed E-state index contributed by atoms with van der Waals surface area (Å²) in [6.07, 6.45) is 2.41. The first-order chi connectivity index (χ1) is 10.8. The van der Waals surface area contributed by atoms with Gasteiger partial charge in [-0.15, -0.1) is 0 Å². The number of nitrogens with zero attached hydrogens (tertiary/aromatic N) is 1. The Bertz CT molecular complexity index is 620. The highest BCUT2D eigenvalue weighted by atomic mass is 16.5. The lowest BCUT2D eigenvalue weighted by Gasteiger charge is -2.36. The van der Waals surface area contributed by atoms with Crippen LogP contribution in [-0.4, -0.2) is 38.2 Å². The van der Waals surface area contributed by atoms with E-state index in [9.17, 15) is 0 Å². The molecule has 0 bridgehead atoms. The van der Waals surface area contributed by atoms with E-state index in [4.69, 9.17) is 4.74 Å². The Morgan fingerprint density at radius 3 is 2.50 bits per heavy atom. The van der Waals surface area contributed by atoms with Gasteiger partial charge in [0.1, 0.15) is 5.75 Å². The fourth-order valence-electron chi connectivity index (χ4n) is 3.57. The molecule has 0 aliphatic carbocycles. The maximum Gasteiger partial charge on any atom is 0.126 e. The molecule has 2 aromatic carbocycles. The van der Waals surface area contributed by atoms with E-state index in [2.05, 4.69) is 53.5 Å². The fraction of sp³-hybridized carbons (Fsp3) is 0.474. The van der Waals surface area contributed by atoms with Crippen molar-refractivity contribution >= 4 is 10.8 Å². The van der Waals surface area contributed by atoms with Crippen molar-refractivity contribution in [2.75, 3.05) is 33.3 Å². The number of hydrogen-bond acceptors (Lipinski definition) is 3. The first kappa shape index (κ1) is 15.3. The summed E-state index contributed by atoms with van der Waals surface area (Å²) in [4.78, 5) is 2.63. The van der Waals surface area contributed by atoms with Crippen LogP contribution in [0.15, 0.2) is 36.4 Å². The molecule has 0 spiro atoms. The fourth-order valence-corrected chi connectivity index (χ4v) is 3.57. The molecule has 1 aliphatic heterocycles. The van der Waals surface area contributed by atoms with Crippen LogP contribution in [0.25, 0.3) is 10.8 Å². The Labute approximate surface area is 133 Å². The van der Waals surface area contributed by atoms with Gasteiger partial charge in [0.25, 0.3) is 0 Å². The van der Waals surface area contributed by atoms with Gasteiger partial charge in [0.15, 0.2) is 0 Å². The molecule has 0 saturated carbocycles. The van der Waals surface area contributed by atoms with Gasteiger partial charge in [-0.1, -0.05) is 43.7 Å². The van der Waals surface area contributed by atoms with Crippen molar-refractivity contribution in [1.29, 1.82) is 0 Å². The van der Waals surface area contributed by atoms with E-state index < -0.39 is 0 Å². The van der Waals surface area contributed by atoms with Gasteiger partial charge < -0.3 is 10.1 Å². The van der Waals surface area contributed by atoms with Gasteiger partial charge in [-0.2, -0.15) is 0 Å². The number of hydrogen-bond donors (Lipinski definition) is 1. The number of piperazine rings is 1. The van der Waals surface area contributed by atoms with Gasteiger partial charge in [0, 0.05) is 37.6 Å². The first-order valence-corrected chi connectivity index (χ1v) is 8.35. The average Bonchev–Trinajstić information content (AvgIpc) is 2.60. The second-order valence-electron chi connectivity index (χ2n) is 5.99. The minimum atomic E-state index is 0.503. The minimum absolute atomic E-state index is 0.503. The number of methoxy groups -OCH3 is 1. The first-order valence-electron chi connectivity index (χ1n) is 8.35. The van der Waals surface area contributed by atoms with Crippen molar-refractivity contribution in [3.8, 4) is 5.75 Å². The van der Waals surface area contributed by atoms with Crippen molar-refractivity contribution in [3.63, 3.8) is 0 Å². The van der Waals surface area contributed by atoms with Crippen LogP contribution < -0.4 is 10.1 Å². The van der Waals surface area contributed by atoms with Crippen LogP contribution in [-0.2, 0) is 0 Å². The smallest absolute Gasteiger partial charge is 0.126 e. The SMILES string of the molecule is CCC[C@@H](c1ccc(OC)c2ccccc12)N1CCNCC1. The summed E-state index contributed by atoms with van der Waals surface area (Å²) in [5.74, 6) is 0.968. The Hall–Kier alpha value is -1.58. The molecule has 0 amide bonds. The predicted octanol–water partition coefficient (Wildman–Crippen LogP) is 3.59. The number of rotatable bonds is 5. The van der Waals surface area contributed by atoms with Crippen LogP contribution in [0.1, 0.15) is 31.4 Å². The van der Waals surface area contributed by atoms with Gasteiger partial charge in [-0.25, -0.2) is 0 Å². The molecule has 1 aliphatic rings. The molecule has 1 atom stereocenters. The van der Waals surface area contributed by atoms with E-state index in [-0.39, 0.29) is 0 Å². The van der Waals surface area contributed by atoms with E-state index in [0.717, 1.165) is 31.9 Å². The van der Waals surface area contributed by atoms with Crippen LogP contribution in [0, 0.1) is 0 Å². The Balaban J connectivity index is 2.05. The minimum Gasteiger partial charge on any atom is -0.496 e. The van der Waals surface area contributed by atoms with Crippen LogP contribution in [0.3, 0.4) is 0 Å². The number of fused-ring (bicyclic) bond motifs is 1. The zero-order valence-electron chi connectivity index (χ0n) is 13.6. The Morgan fingerprint density at radius 2 is 1.82 bits per heavy atom. The predicted molar refractivity (Wildman–Crippen MR) is 92.6 cm³/mol. The molecule has 22 heavy (non-hydrogen) atoms. The molecule has 1 fully saturated rings. The highest BCUT2D eigenvalue weighted by Crippen LogP contribution is 2.35. The lowest BCUT2D eigenvalue weighted by Crippen LogP contribution is -2.45. The summed E-state index contributed by atoms with van der Waals surface area (Å²) in [5.41, 5.74) is 1.44. The second-order valence-corrected chi connectivity index (χ2v) is 5.99. The third-order valence-corrected chi connectivity index (χ3v) is 4.65. The lowest BCUT2D eigenvalue weighted by atomic mass is 9.94. The van der Waals surface area contributed by atoms with Crippen LogP contribution in [0.2, 0.25) is 0 Å². The van der Waals surface area contributed by atoms with Gasteiger partial charge in [0.2, 0.25) is 0 Å². The largest absolute Gasteiger partial charge is 0.496 e. The molecule has 1 N–H and O–H groups in total. The normalized spacial score (nSPS) is 17.5. The molecule has 0 aromatic heterocycles. The van der Waals surface area contributed by atoms with Crippen molar-refractivity contribution in [2.24, 2.45) is 0 Å². The Morgan fingerprint density at radius 1 is 1.09 bits per heavy atom. The third-order valence-electron chi connectivity index (χ3n) is 4.65. The molecule has 3 heteroatoms. The average molecular weight is 298 g/mol. The summed E-state index contributed by atoms with van der Waals surface area (Å²) in [6.45, 7) is 6.72. The van der Waals surface area contributed by atoms with E-state index in [1.807, 2.05) is 0 Å². The zero-order chi connectivity index (χ0) is 15.4. The molecule has 2 aromatic rings. The van der Waals surface area contributed by atoms with Gasteiger partial charge in [-0.3, -0.25) is 4.90 Å². The molecule has 3 nitrogen and oxygen atoms in total. The molecule has 1 saturated heterocycles. The summed E-state index contributed by atoms with van der Waals surface area (Å²) in [6, 6.07) is 13.5. The monoisotopic (exact) mass is 298 g/mol. The van der Waals surface area contributed by atoms with E-state index in [0.29, 0.717) is 6.04 Å². The summed E-state index contributed by atoms with van der Waals surface area (Å²) < 4.78 is 5.54. The second kappa shape index (κ2) is 7.12. The summed E-state index contributed by atoms with van der Waals surface area (Å²) in [7, 11) is 1.75. The lowest BCUT2D eigenvalue weighted by molar-refractivity contribution is 0.165. The van der Waals surface area contributed by atoms with Crippen molar-refractivity contribution in [3.05, 3.63) is 42.0 Å². The number of nitrogens with one attached hydrogen (secondary N) is 1. The summed E-state index contributed by atoms with van der Waals surface area (Å²) in [5, 5.41) is 6.01. The highest BCUT2D eigenvalue weighted by Gasteiger charge is 2.23. The van der Waals surface area contributed by atoms with Crippen LogP contribution in [0.5, 0.6) is 5.75 Å². The number of ether oxygens (including phenoxy) is 1. The van der Waals surface area contributed by atoms with Crippen molar-refractivity contribution in [2.45, 2.75) is 25.8 Å².